The second-order valence-electron chi connectivity index (χ2n) is 18.0. The molecule has 9 rings (SSSR count). The topological polar surface area (TPSA) is 193 Å². The van der Waals surface area contributed by atoms with E-state index in [-0.39, 0.29) is 42.5 Å². The summed E-state index contributed by atoms with van der Waals surface area (Å²) >= 11 is 0. The van der Waals surface area contributed by atoms with E-state index in [0.717, 1.165) is 81.2 Å². The molecule has 6 heterocycles. The van der Waals surface area contributed by atoms with Gasteiger partial charge < -0.3 is 49.3 Å². The quantitative estimate of drug-likeness (QED) is 0.112. The number of carbonyl (C=O) groups excluding carboxylic acids is 4. The molecule has 0 radical (unpaired) electrons. The molecule has 332 valence electrons. The van der Waals surface area contributed by atoms with Gasteiger partial charge in [-0.2, -0.15) is 0 Å². The average molecular weight is 861 g/mol. The van der Waals surface area contributed by atoms with Crippen LogP contribution in [0.15, 0.2) is 48.7 Å². The number of hydrogen-bond acceptors (Lipinski definition) is 10. The van der Waals surface area contributed by atoms with Crippen molar-refractivity contribution in [3.63, 3.8) is 0 Å². The van der Waals surface area contributed by atoms with E-state index in [2.05, 4.69) is 70.8 Å². The molecule has 6 atom stereocenters. The summed E-state index contributed by atoms with van der Waals surface area (Å²) in [5.41, 5.74) is 6.04. The van der Waals surface area contributed by atoms with Gasteiger partial charge in [-0.05, 0) is 84.4 Å². The van der Waals surface area contributed by atoms with Gasteiger partial charge in [0.05, 0.1) is 61.9 Å². The highest BCUT2D eigenvalue weighted by molar-refractivity contribution is 6.07. The van der Waals surface area contributed by atoms with E-state index in [4.69, 9.17) is 28.9 Å². The normalized spacial score (nSPS) is 23.5. The van der Waals surface area contributed by atoms with Crippen LogP contribution in [-0.2, 0) is 37.0 Å². The predicted octanol–water partition coefficient (Wildman–Crippen LogP) is 7.13. The van der Waals surface area contributed by atoms with Crippen molar-refractivity contribution in [2.24, 2.45) is 11.3 Å². The lowest BCUT2D eigenvalue weighted by Gasteiger charge is -2.40. The third-order valence-corrected chi connectivity index (χ3v) is 13.6. The molecule has 3 aromatic carbocycles. The van der Waals surface area contributed by atoms with Gasteiger partial charge in [-0.15, -0.1) is 0 Å². The Balaban J connectivity index is 0.970. The summed E-state index contributed by atoms with van der Waals surface area (Å²) in [4.78, 5) is 73.2. The molecule has 3 fully saturated rings. The zero-order valence-electron chi connectivity index (χ0n) is 36.7. The van der Waals surface area contributed by atoms with E-state index in [9.17, 15) is 19.2 Å². The summed E-state index contributed by atoms with van der Waals surface area (Å²) in [7, 11) is 2.60. The van der Waals surface area contributed by atoms with Crippen LogP contribution in [-0.4, -0.2) is 105 Å². The highest BCUT2D eigenvalue weighted by Crippen LogP contribution is 2.45. The second kappa shape index (κ2) is 16.8. The Morgan fingerprint density at radius 3 is 2.65 bits per heavy atom. The van der Waals surface area contributed by atoms with Crippen LogP contribution in [0.25, 0.3) is 44.2 Å². The molecule has 4 aliphatic rings. The maximum absolute atomic E-state index is 14.5. The minimum Gasteiger partial charge on any atom is -0.488 e. The van der Waals surface area contributed by atoms with Gasteiger partial charge in [0.15, 0.2) is 0 Å². The van der Waals surface area contributed by atoms with Gasteiger partial charge in [-0.3, -0.25) is 9.59 Å². The molecule has 3 unspecified atom stereocenters. The molecule has 5 aromatic rings. The smallest absolute Gasteiger partial charge is 0.407 e. The van der Waals surface area contributed by atoms with E-state index < -0.39 is 29.7 Å². The van der Waals surface area contributed by atoms with Crippen LogP contribution in [0, 0.1) is 11.3 Å². The van der Waals surface area contributed by atoms with Crippen molar-refractivity contribution >= 4 is 45.8 Å². The summed E-state index contributed by atoms with van der Waals surface area (Å²) in [5.74, 6) is 1.69. The number of H-pyrrole nitrogens is 2. The van der Waals surface area contributed by atoms with Crippen LogP contribution in [0.2, 0.25) is 0 Å². The first kappa shape index (κ1) is 42.2. The highest BCUT2D eigenvalue weighted by Gasteiger charge is 2.52. The van der Waals surface area contributed by atoms with Crippen LogP contribution in [0.3, 0.4) is 0 Å². The van der Waals surface area contributed by atoms with E-state index in [1.807, 2.05) is 35.9 Å². The Morgan fingerprint density at radius 1 is 1.05 bits per heavy atom. The number of fused-ring (bicyclic) bond motifs is 8. The third kappa shape index (κ3) is 7.72. The lowest BCUT2D eigenvalue weighted by molar-refractivity contribution is -0.138. The summed E-state index contributed by atoms with van der Waals surface area (Å²) in [6.07, 6.45) is 4.92. The maximum Gasteiger partial charge on any atom is 0.407 e. The molecule has 3 saturated heterocycles. The van der Waals surface area contributed by atoms with Crippen LogP contribution in [0.5, 0.6) is 5.75 Å². The fourth-order valence-electron chi connectivity index (χ4n) is 10.2. The molecule has 16 heteroatoms. The molecule has 0 aliphatic carbocycles. The first-order valence-corrected chi connectivity index (χ1v) is 22.1. The number of amides is 4. The number of rotatable bonds is 10. The van der Waals surface area contributed by atoms with E-state index in [1.165, 1.54) is 14.2 Å². The number of nitrogens with one attached hydrogen (secondary N) is 4. The van der Waals surface area contributed by atoms with Crippen molar-refractivity contribution in [2.45, 2.75) is 110 Å². The highest BCUT2D eigenvalue weighted by atomic mass is 16.5. The Hall–Kier alpha value is -6.16. The first-order valence-electron chi connectivity index (χ1n) is 22.1. The maximum atomic E-state index is 14.5. The average Bonchev–Trinajstić information content (AvgIpc) is 4.07. The Bertz CT molecular complexity index is 2590. The molecule has 4 aliphatic heterocycles. The largest absolute Gasteiger partial charge is 0.488 e. The molecular weight excluding hydrogens is 805 g/mol. The summed E-state index contributed by atoms with van der Waals surface area (Å²) in [6.45, 7) is 9.67. The van der Waals surface area contributed by atoms with Crippen molar-refractivity contribution in [1.29, 1.82) is 0 Å². The van der Waals surface area contributed by atoms with Gasteiger partial charge in [-0.25, -0.2) is 19.6 Å². The lowest BCUT2D eigenvalue weighted by Crippen LogP contribution is -2.55. The third-order valence-electron chi connectivity index (χ3n) is 13.6. The number of ether oxygens (including phenoxy) is 4. The van der Waals surface area contributed by atoms with Crippen LogP contribution in [0.1, 0.15) is 89.5 Å². The van der Waals surface area contributed by atoms with Crippen molar-refractivity contribution in [3.8, 4) is 28.1 Å². The van der Waals surface area contributed by atoms with Crippen molar-refractivity contribution in [3.05, 3.63) is 65.9 Å². The van der Waals surface area contributed by atoms with Crippen molar-refractivity contribution in [2.75, 3.05) is 27.4 Å². The molecule has 0 spiro atoms. The molecule has 4 N–H and O–H groups in total. The Labute approximate surface area is 365 Å². The molecule has 63 heavy (non-hydrogen) atoms. The van der Waals surface area contributed by atoms with Crippen LogP contribution in [0.4, 0.5) is 9.59 Å². The van der Waals surface area contributed by atoms with Gasteiger partial charge in [0, 0.05) is 29.5 Å². The molecule has 2 aromatic heterocycles. The zero-order chi connectivity index (χ0) is 44.2. The fourth-order valence-corrected chi connectivity index (χ4v) is 10.2. The van der Waals surface area contributed by atoms with Gasteiger partial charge in [0.1, 0.15) is 36.1 Å². The monoisotopic (exact) mass is 860 g/mol. The SMILES string of the molecule is CCC[C@@H]1C2CC(C)(CCO2)[C@H](NC(=O)OC)C(=O)N1Cc1nc2c(ccc3cc4c(cc32)OCc2cc(-c3cnc([C@@H]5CCCN5C(=O)C(NC(=O)OC)C(C)C)[nH]3)ccc2-4)[nH]1. The number of alkyl carbamates (subject to hydrolysis) is 2. The number of hydrogen-bond donors (Lipinski definition) is 4. The summed E-state index contributed by atoms with van der Waals surface area (Å²) in [6, 6.07) is 12.7. The van der Waals surface area contributed by atoms with Crippen LogP contribution >= 0.6 is 0 Å². The summed E-state index contributed by atoms with van der Waals surface area (Å²) in [5, 5.41) is 7.52. The van der Waals surface area contributed by atoms with Crippen molar-refractivity contribution < 1.29 is 38.1 Å². The van der Waals surface area contributed by atoms with E-state index in [0.29, 0.717) is 44.2 Å². The predicted molar refractivity (Wildman–Crippen MR) is 234 cm³/mol. The van der Waals surface area contributed by atoms with E-state index in [1.54, 1.807) is 0 Å². The van der Waals surface area contributed by atoms with E-state index >= 15 is 0 Å². The number of carbonyl (C=O) groups is 4. The van der Waals surface area contributed by atoms with Gasteiger partial charge in [0.2, 0.25) is 11.8 Å². The number of aromatic nitrogens is 4. The fraction of sp³-hybridized carbons (Fsp3) is 0.489. The summed E-state index contributed by atoms with van der Waals surface area (Å²) < 4.78 is 22.5. The standard InChI is InChI=1S/C47H56N8O8/c1-7-9-34-37-21-47(4,15-17-62-37)41(53-46(59)61-6)44(57)55(34)23-38-49-32-14-12-26-19-31-29-13-11-27(18-28(29)24-63-36(31)20-30(26)40(32)51-38)33-22-48-42(50-33)35-10-8-16-54(35)43(56)39(25(2)3)52-45(58)60-5/h11-14,18-20,22,25,34-35,37,39,41H,7-10,15-17,21,23-24H2,1-6H3,(H,48,50)(H,49,51)(H,52,58)(H,53,59)/t34-,35+,37?,39?,41-,47?/m1/s1. The molecule has 2 bridgehead atoms. The number of imidazole rings is 2. The minimum atomic E-state index is -0.759. The zero-order valence-corrected chi connectivity index (χ0v) is 36.7. The van der Waals surface area contributed by atoms with Gasteiger partial charge in [0.25, 0.3) is 0 Å². The lowest BCUT2D eigenvalue weighted by atomic mass is 9.73. The number of methoxy groups -OCH3 is 2. The second-order valence-corrected chi connectivity index (χ2v) is 18.0. The molecular formula is C47H56N8O8. The molecule has 0 saturated carbocycles. The number of nitrogens with zero attached hydrogens (tertiary/aromatic N) is 4. The van der Waals surface area contributed by atoms with Crippen LogP contribution < -0.4 is 15.4 Å². The first-order chi connectivity index (χ1) is 30.4. The minimum absolute atomic E-state index is 0.121. The van der Waals surface area contributed by atoms with Gasteiger partial charge in [-0.1, -0.05) is 52.3 Å². The van der Waals surface area contributed by atoms with Crippen molar-refractivity contribution in [1.82, 2.24) is 40.4 Å². The molecule has 16 nitrogen and oxygen atoms in total. The number of likely N-dealkylation sites (tertiary alicyclic amines) is 2. The number of aromatic amines is 2. The number of benzene rings is 3. The Morgan fingerprint density at radius 2 is 1.87 bits per heavy atom. The van der Waals surface area contributed by atoms with Gasteiger partial charge >= 0.3 is 12.2 Å². The Kier molecular flexibility index (Phi) is 11.3. The molecule has 4 amide bonds.